The fraction of sp³-hybridized carbons (Fsp3) is 0.550. The summed E-state index contributed by atoms with van der Waals surface area (Å²) < 4.78 is 11.6. The van der Waals surface area contributed by atoms with E-state index >= 15 is 0 Å². The van der Waals surface area contributed by atoms with Crippen LogP contribution in [0.3, 0.4) is 0 Å². The van der Waals surface area contributed by atoms with Gasteiger partial charge in [0.15, 0.2) is 0 Å². The van der Waals surface area contributed by atoms with Gasteiger partial charge < -0.3 is 9.47 Å². The number of aromatic nitrogens is 2. The molecule has 2 heterocycles. The second-order valence-electron chi connectivity index (χ2n) is 8.07. The molecule has 28 heavy (non-hydrogen) atoms. The Balaban J connectivity index is 1.71. The monoisotopic (exact) mass is 388 g/mol. The molecule has 1 fully saturated rings. The lowest BCUT2D eigenvalue weighted by Gasteiger charge is -2.28. The number of likely N-dealkylation sites (tertiary alicyclic amines) is 1. The summed E-state index contributed by atoms with van der Waals surface area (Å²) in [6, 6.07) is 7.48. The van der Waals surface area contributed by atoms with Crippen LogP contribution in [0, 0.1) is 0 Å². The third kappa shape index (κ3) is 5.30. The first-order valence-electron chi connectivity index (χ1n) is 9.39. The molecule has 0 spiro atoms. The van der Waals surface area contributed by atoms with Crippen molar-refractivity contribution in [2.75, 3.05) is 27.2 Å². The van der Waals surface area contributed by atoms with Crippen LogP contribution in [-0.4, -0.2) is 71.0 Å². The number of amides is 1. The van der Waals surface area contributed by atoms with Crippen LogP contribution in [0.25, 0.3) is 11.0 Å². The van der Waals surface area contributed by atoms with Gasteiger partial charge in [0.05, 0.1) is 36.4 Å². The van der Waals surface area contributed by atoms with Crippen LogP contribution in [0.15, 0.2) is 30.5 Å². The zero-order valence-corrected chi connectivity index (χ0v) is 17.1. The maximum Gasteiger partial charge on any atom is 0.410 e. The molecule has 2 aromatic rings. The number of benzene rings is 1. The van der Waals surface area contributed by atoms with Gasteiger partial charge in [-0.3, -0.25) is 9.74 Å². The first kappa shape index (κ1) is 20.3. The minimum Gasteiger partial charge on any atom is -0.471 e. The van der Waals surface area contributed by atoms with Gasteiger partial charge in [-0.25, -0.2) is 14.8 Å². The maximum atomic E-state index is 12.6. The molecule has 0 radical (unpaired) electrons. The van der Waals surface area contributed by atoms with Gasteiger partial charge in [-0.05, 0) is 32.9 Å². The predicted molar refractivity (Wildman–Crippen MR) is 105 cm³/mol. The third-order valence-electron chi connectivity index (χ3n) is 4.24. The number of carbonyl (C=O) groups is 1. The highest BCUT2D eigenvalue weighted by Gasteiger charge is 2.39. The molecule has 1 aliphatic rings. The molecule has 1 saturated heterocycles. The summed E-state index contributed by atoms with van der Waals surface area (Å²) in [5.41, 5.74) is 1.02. The van der Waals surface area contributed by atoms with Gasteiger partial charge in [-0.15, -0.1) is 0 Å². The topological polar surface area (TPSA) is 77.0 Å². The van der Waals surface area contributed by atoms with Gasteiger partial charge in [0.2, 0.25) is 5.88 Å². The average molecular weight is 388 g/mol. The molecule has 2 unspecified atom stereocenters. The molecular formula is C20H28N4O4. The van der Waals surface area contributed by atoms with Crippen molar-refractivity contribution in [2.45, 2.75) is 44.9 Å². The smallest absolute Gasteiger partial charge is 0.410 e. The van der Waals surface area contributed by atoms with Crippen molar-refractivity contribution in [3.05, 3.63) is 30.5 Å². The molecule has 8 nitrogen and oxygen atoms in total. The van der Waals surface area contributed by atoms with Crippen molar-refractivity contribution in [1.82, 2.24) is 19.9 Å². The predicted octanol–water partition coefficient (Wildman–Crippen LogP) is 2.88. The molecule has 1 aromatic heterocycles. The van der Waals surface area contributed by atoms with Gasteiger partial charge >= 0.3 is 6.09 Å². The number of hydroxylamine groups is 2. The molecule has 8 heteroatoms. The summed E-state index contributed by atoms with van der Waals surface area (Å²) in [5.74, 6) is 0.446. The Morgan fingerprint density at radius 2 is 1.96 bits per heavy atom. The second-order valence-corrected chi connectivity index (χ2v) is 8.07. The van der Waals surface area contributed by atoms with E-state index in [-0.39, 0.29) is 18.2 Å². The first-order chi connectivity index (χ1) is 13.2. The number of nitrogens with zero attached hydrogens (tertiary/aromatic N) is 4. The van der Waals surface area contributed by atoms with Gasteiger partial charge in [-0.1, -0.05) is 12.1 Å². The summed E-state index contributed by atoms with van der Waals surface area (Å²) in [6.07, 6.45) is 1.67. The SMILES string of the molecule is CN(C)OCC1CC(Oc2cnc3ccccc3n2)CN1C(=O)OC(C)(C)C. The lowest BCUT2D eigenvalue weighted by Crippen LogP contribution is -2.42. The van der Waals surface area contributed by atoms with E-state index in [9.17, 15) is 4.79 Å². The Hall–Kier alpha value is -2.45. The van der Waals surface area contributed by atoms with E-state index < -0.39 is 5.60 Å². The van der Waals surface area contributed by atoms with E-state index in [0.29, 0.717) is 25.5 Å². The summed E-state index contributed by atoms with van der Waals surface area (Å²) in [7, 11) is 3.62. The van der Waals surface area contributed by atoms with Crippen molar-refractivity contribution in [3.63, 3.8) is 0 Å². The highest BCUT2D eigenvalue weighted by Crippen LogP contribution is 2.25. The number of para-hydroxylation sites is 2. The fourth-order valence-electron chi connectivity index (χ4n) is 3.06. The van der Waals surface area contributed by atoms with E-state index in [2.05, 4.69) is 9.97 Å². The standard InChI is InChI=1S/C20H28N4O4/c1-20(2,3)28-19(25)24-12-15(10-14(24)13-26-23(4)5)27-18-11-21-16-8-6-7-9-17(16)22-18/h6-9,11,14-15H,10,12-13H2,1-5H3. The van der Waals surface area contributed by atoms with Crippen molar-refractivity contribution < 1.29 is 19.1 Å². The highest BCUT2D eigenvalue weighted by molar-refractivity contribution is 5.74. The zero-order chi connectivity index (χ0) is 20.3. The maximum absolute atomic E-state index is 12.6. The molecule has 0 bridgehead atoms. The van der Waals surface area contributed by atoms with Crippen molar-refractivity contribution >= 4 is 17.1 Å². The minimum absolute atomic E-state index is 0.143. The highest BCUT2D eigenvalue weighted by atomic mass is 16.7. The summed E-state index contributed by atoms with van der Waals surface area (Å²) in [4.78, 5) is 28.8. The molecular weight excluding hydrogens is 360 g/mol. The molecule has 0 aliphatic carbocycles. The lowest BCUT2D eigenvalue weighted by molar-refractivity contribution is -0.133. The molecule has 1 aromatic carbocycles. The molecule has 2 atom stereocenters. The third-order valence-corrected chi connectivity index (χ3v) is 4.24. The molecule has 0 saturated carbocycles. The van der Waals surface area contributed by atoms with Crippen molar-refractivity contribution in [3.8, 4) is 5.88 Å². The van der Waals surface area contributed by atoms with E-state index in [1.54, 1.807) is 16.2 Å². The van der Waals surface area contributed by atoms with Crippen LogP contribution < -0.4 is 4.74 Å². The van der Waals surface area contributed by atoms with Crippen molar-refractivity contribution in [2.24, 2.45) is 0 Å². The minimum atomic E-state index is -0.563. The summed E-state index contributed by atoms with van der Waals surface area (Å²) in [5, 5.41) is 1.62. The summed E-state index contributed by atoms with van der Waals surface area (Å²) >= 11 is 0. The number of ether oxygens (including phenoxy) is 2. The first-order valence-corrected chi connectivity index (χ1v) is 9.39. The normalized spacial score (nSPS) is 20.0. The van der Waals surface area contributed by atoms with Crippen LogP contribution in [0.5, 0.6) is 5.88 Å². The number of rotatable bonds is 5. The van der Waals surface area contributed by atoms with Crippen molar-refractivity contribution in [1.29, 1.82) is 0 Å². The van der Waals surface area contributed by atoms with E-state index in [1.807, 2.05) is 59.1 Å². The van der Waals surface area contributed by atoms with E-state index in [4.69, 9.17) is 14.3 Å². The van der Waals surface area contributed by atoms with Gasteiger partial charge in [0.25, 0.3) is 0 Å². The Kier molecular flexibility index (Phi) is 6.00. The van der Waals surface area contributed by atoms with Crippen LogP contribution in [-0.2, 0) is 9.57 Å². The van der Waals surface area contributed by atoms with Crippen LogP contribution >= 0.6 is 0 Å². The number of carbonyl (C=O) groups excluding carboxylic acids is 1. The number of hydrogen-bond acceptors (Lipinski definition) is 7. The molecule has 1 amide bonds. The largest absolute Gasteiger partial charge is 0.471 e. The fourth-order valence-corrected chi connectivity index (χ4v) is 3.06. The Morgan fingerprint density at radius 1 is 1.25 bits per heavy atom. The number of hydrogen-bond donors (Lipinski definition) is 0. The average Bonchev–Trinajstić information content (AvgIpc) is 3.01. The Bertz CT molecular complexity index is 821. The van der Waals surface area contributed by atoms with Gasteiger partial charge in [-0.2, -0.15) is 5.06 Å². The molecule has 152 valence electrons. The zero-order valence-electron chi connectivity index (χ0n) is 17.1. The van der Waals surface area contributed by atoms with E-state index in [1.165, 1.54) is 0 Å². The van der Waals surface area contributed by atoms with E-state index in [0.717, 1.165) is 11.0 Å². The lowest BCUT2D eigenvalue weighted by atomic mass is 10.2. The van der Waals surface area contributed by atoms with Gasteiger partial charge in [0, 0.05) is 20.5 Å². The van der Waals surface area contributed by atoms with Gasteiger partial charge in [0.1, 0.15) is 11.7 Å². The second kappa shape index (κ2) is 8.28. The Morgan fingerprint density at radius 3 is 2.64 bits per heavy atom. The summed E-state index contributed by atoms with van der Waals surface area (Å²) in [6.45, 7) is 6.33. The van der Waals surface area contributed by atoms with Crippen LogP contribution in [0.2, 0.25) is 0 Å². The Labute approximate surface area is 165 Å². The van der Waals surface area contributed by atoms with Crippen LogP contribution in [0.4, 0.5) is 4.79 Å². The molecule has 0 N–H and O–H groups in total. The molecule has 3 rings (SSSR count). The molecule has 1 aliphatic heterocycles. The number of fused-ring (bicyclic) bond motifs is 1. The van der Waals surface area contributed by atoms with Crippen LogP contribution in [0.1, 0.15) is 27.2 Å². The quantitative estimate of drug-likeness (QED) is 0.729.